The Hall–Kier alpha value is -2.10. The third kappa shape index (κ3) is 5.94. The molecule has 0 saturated carbocycles. The number of nitrogens with one attached hydrogen (secondary N) is 1. The quantitative estimate of drug-likeness (QED) is 0.653. The first-order valence-electron chi connectivity index (χ1n) is 9.53. The van der Waals surface area contributed by atoms with Crippen LogP contribution in [0.25, 0.3) is 0 Å². The van der Waals surface area contributed by atoms with E-state index >= 15 is 0 Å². The van der Waals surface area contributed by atoms with Gasteiger partial charge in [0.15, 0.2) is 0 Å². The molecule has 2 aromatic rings. The number of carbonyl (C=O) groups is 1. The van der Waals surface area contributed by atoms with Crippen molar-refractivity contribution in [2.45, 2.75) is 31.1 Å². The minimum Gasteiger partial charge on any atom is -0.378 e. The molecule has 2 rings (SSSR count). The molecular formula is C20H30N4O3S2. The maximum Gasteiger partial charge on any atom is 0.317 e. The Morgan fingerprint density at radius 3 is 2.17 bits per heavy atom. The maximum atomic E-state index is 12.6. The van der Waals surface area contributed by atoms with Gasteiger partial charge in [0.25, 0.3) is 10.0 Å². The van der Waals surface area contributed by atoms with Gasteiger partial charge >= 0.3 is 6.03 Å². The van der Waals surface area contributed by atoms with Crippen LogP contribution in [0.2, 0.25) is 0 Å². The Bertz CT molecular complexity index is 904. The van der Waals surface area contributed by atoms with E-state index in [4.69, 9.17) is 0 Å². The largest absolute Gasteiger partial charge is 0.378 e. The molecule has 1 aromatic carbocycles. The smallest absolute Gasteiger partial charge is 0.317 e. The van der Waals surface area contributed by atoms with E-state index in [1.165, 1.54) is 15.6 Å². The topological polar surface area (TPSA) is 73.0 Å². The Kier molecular flexibility index (Phi) is 8.06. The summed E-state index contributed by atoms with van der Waals surface area (Å²) in [7, 11) is 2.24. The minimum absolute atomic E-state index is 0.205. The number of carbonyl (C=O) groups excluding carboxylic acids is 1. The fourth-order valence-corrected chi connectivity index (χ4v) is 5.73. The summed E-state index contributed by atoms with van der Waals surface area (Å²) in [5.41, 5.74) is 2.14. The molecule has 0 unspecified atom stereocenters. The zero-order valence-corrected chi connectivity index (χ0v) is 19.3. The number of rotatable bonds is 9. The second kappa shape index (κ2) is 10.1. The van der Waals surface area contributed by atoms with Crippen molar-refractivity contribution >= 4 is 33.1 Å². The molecule has 160 valence electrons. The van der Waals surface area contributed by atoms with Gasteiger partial charge in [-0.05, 0) is 29.8 Å². The maximum absolute atomic E-state index is 12.6. The van der Waals surface area contributed by atoms with Crippen molar-refractivity contribution in [3.63, 3.8) is 0 Å². The van der Waals surface area contributed by atoms with Crippen LogP contribution in [0.1, 0.15) is 24.3 Å². The second-order valence-corrected chi connectivity index (χ2v) is 10.2. The molecule has 0 aliphatic heterocycles. The number of thiophene rings is 1. The lowest BCUT2D eigenvalue weighted by Crippen LogP contribution is -2.36. The highest BCUT2D eigenvalue weighted by Gasteiger charge is 2.23. The number of hydrogen-bond donors (Lipinski definition) is 1. The van der Waals surface area contributed by atoms with E-state index in [1.807, 2.05) is 57.1 Å². The summed E-state index contributed by atoms with van der Waals surface area (Å²) in [6.45, 7) is 5.29. The van der Waals surface area contributed by atoms with E-state index in [0.29, 0.717) is 30.4 Å². The van der Waals surface area contributed by atoms with Gasteiger partial charge in [-0.2, -0.15) is 4.31 Å². The second-order valence-electron chi connectivity index (χ2n) is 6.89. The lowest BCUT2D eigenvalue weighted by Gasteiger charge is -2.19. The highest BCUT2D eigenvalue weighted by Crippen LogP contribution is 2.24. The molecule has 1 aromatic heterocycles. The summed E-state index contributed by atoms with van der Waals surface area (Å²) < 4.78 is 26.9. The van der Waals surface area contributed by atoms with Crippen LogP contribution >= 0.6 is 11.3 Å². The molecule has 0 aliphatic carbocycles. The Morgan fingerprint density at radius 2 is 1.62 bits per heavy atom. The minimum atomic E-state index is -3.46. The Balaban J connectivity index is 1.92. The third-order valence-electron chi connectivity index (χ3n) is 4.57. The van der Waals surface area contributed by atoms with Gasteiger partial charge in [-0.1, -0.05) is 26.0 Å². The van der Waals surface area contributed by atoms with E-state index in [9.17, 15) is 13.2 Å². The van der Waals surface area contributed by atoms with E-state index in [2.05, 4.69) is 5.32 Å². The monoisotopic (exact) mass is 438 g/mol. The van der Waals surface area contributed by atoms with Crippen molar-refractivity contribution in [2.75, 3.05) is 39.1 Å². The Morgan fingerprint density at radius 1 is 1.00 bits per heavy atom. The molecule has 0 fully saturated rings. The van der Waals surface area contributed by atoms with Crippen LogP contribution in [0.3, 0.4) is 0 Å². The van der Waals surface area contributed by atoms with Crippen molar-refractivity contribution in [2.24, 2.45) is 0 Å². The first kappa shape index (κ1) is 23.2. The van der Waals surface area contributed by atoms with Gasteiger partial charge < -0.3 is 15.1 Å². The summed E-state index contributed by atoms with van der Waals surface area (Å²) in [6, 6.07) is 11.2. The molecule has 7 nitrogen and oxygen atoms in total. The van der Waals surface area contributed by atoms with E-state index in [1.54, 1.807) is 24.1 Å². The van der Waals surface area contributed by atoms with Crippen LogP contribution < -0.4 is 10.2 Å². The van der Waals surface area contributed by atoms with Gasteiger partial charge in [0, 0.05) is 51.3 Å². The van der Waals surface area contributed by atoms with Gasteiger partial charge in [0.1, 0.15) is 4.21 Å². The predicted molar refractivity (Wildman–Crippen MR) is 119 cm³/mol. The standard InChI is InChI=1S/C20H30N4O3S2/c1-6-24(7-2)29(26,27)19-13-12-18(28-19)14-21-20(25)23(5)15-16-8-10-17(11-9-16)22(3)4/h8-13H,6-7,14-15H2,1-5H3,(H,21,25). The lowest BCUT2D eigenvalue weighted by molar-refractivity contribution is 0.206. The average Bonchev–Trinajstić information content (AvgIpc) is 3.17. The fraction of sp³-hybridized carbons (Fsp3) is 0.450. The van der Waals surface area contributed by atoms with Gasteiger partial charge in [0.2, 0.25) is 0 Å². The fourth-order valence-electron chi connectivity index (χ4n) is 2.83. The number of benzene rings is 1. The van der Waals surface area contributed by atoms with E-state index in [-0.39, 0.29) is 6.03 Å². The lowest BCUT2D eigenvalue weighted by atomic mass is 10.2. The highest BCUT2D eigenvalue weighted by atomic mass is 32.2. The summed E-state index contributed by atoms with van der Waals surface area (Å²) in [4.78, 5) is 16.8. The molecule has 0 saturated heterocycles. The van der Waals surface area contributed by atoms with Crippen LogP contribution in [-0.2, 0) is 23.1 Å². The average molecular weight is 439 g/mol. The molecule has 1 heterocycles. The molecule has 29 heavy (non-hydrogen) atoms. The molecule has 0 radical (unpaired) electrons. The number of sulfonamides is 1. The van der Waals surface area contributed by atoms with Gasteiger partial charge in [-0.25, -0.2) is 13.2 Å². The van der Waals surface area contributed by atoms with Gasteiger partial charge in [-0.3, -0.25) is 0 Å². The first-order valence-corrected chi connectivity index (χ1v) is 11.8. The molecule has 0 bridgehead atoms. The van der Waals surface area contributed by atoms with Crippen LogP contribution in [0.5, 0.6) is 0 Å². The zero-order valence-electron chi connectivity index (χ0n) is 17.7. The summed E-state index contributed by atoms with van der Waals surface area (Å²) in [5, 5.41) is 2.85. The molecule has 0 atom stereocenters. The SMILES string of the molecule is CCN(CC)S(=O)(=O)c1ccc(CNC(=O)N(C)Cc2ccc(N(C)C)cc2)s1. The number of nitrogens with zero attached hydrogens (tertiary/aromatic N) is 3. The molecular weight excluding hydrogens is 408 g/mol. The van der Waals surface area contributed by atoms with Crippen molar-refractivity contribution in [3.8, 4) is 0 Å². The number of hydrogen-bond acceptors (Lipinski definition) is 5. The Labute approximate surface area is 178 Å². The molecule has 9 heteroatoms. The highest BCUT2D eigenvalue weighted by molar-refractivity contribution is 7.91. The normalized spacial score (nSPS) is 11.5. The van der Waals surface area contributed by atoms with Crippen molar-refractivity contribution in [3.05, 3.63) is 46.8 Å². The first-order chi connectivity index (χ1) is 13.7. The molecule has 2 amide bonds. The van der Waals surface area contributed by atoms with Crippen molar-refractivity contribution < 1.29 is 13.2 Å². The van der Waals surface area contributed by atoms with Crippen LogP contribution in [-0.4, -0.2) is 57.9 Å². The van der Waals surface area contributed by atoms with Crippen LogP contribution in [0, 0.1) is 0 Å². The summed E-state index contributed by atoms with van der Waals surface area (Å²) >= 11 is 1.19. The zero-order chi connectivity index (χ0) is 21.6. The molecule has 0 aliphatic rings. The van der Waals surface area contributed by atoms with E-state index < -0.39 is 10.0 Å². The van der Waals surface area contributed by atoms with Gasteiger partial charge in [0.05, 0.1) is 6.54 Å². The third-order valence-corrected chi connectivity index (χ3v) is 8.17. The predicted octanol–water partition coefficient (Wildman–Crippen LogP) is 3.19. The van der Waals surface area contributed by atoms with Crippen molar-refractivity contribution in [1.82, 2.24) is 14.5 Å². The van der Waals surface area contributed by atoms with Crippen LogP contribution in [0.4, 0.5) is 10.5 Å². The number of anilines is 1. The van der Waals surface area contributed by atoms with Crippen molar-refractivity contribution in [1.29, 1.82) is 0 Å². The summed E-state index contributed by atoms with van der Waals surface area (Å²) in [5.74, 6) is 0. The summed E-state index contributed by atoms with van der Waals surface area (Å²) in [6.07, 6.45) is 0. The van der Waals surface area contributed by atoms with E-state index in [0.717, 1.165) is 16.1 Å². The molecule has 1 N–H and O–H groups in total. The van der Waals surface area contributed by atoms with Crippen LogP contribution in [0.15, 0.2) is 40.6 Å². The number of amides is 2. The molecule has 0 spiro atoms. The number of urea groups is 1. The van der Waals surface area contributed by atoms with Gasteiger partial charge in [-0.15, -0.1) is 11.3 Å².